The van der Waals surface area contributed by atoms with Crippen molar-refractivity contribution in [1.82, 2.24) is 0 Å². The Balaban J connectivity index is 3.21. The van der Waals surface area contributed by atoms with E-state index in [0.717, 1.165) is 5.56 Å². The first-order chi connectivity index (χ1) is 6.30. The highest BCUT2D eigenvalue weighted by Crippen LogP contribution is 2.23. The van der Waals surface area contributed by atoms with Crippen molar-refractivity contribution >= 4 is 24.2 Å². The molecule has 0 saturated carbocycles. The molecule has 0 atom stereocenters. The monoisotopic (exact) mass is 212 g/mol. The van der Waals surface area contributed by atoms with Crippen molar-refractivity contribution in [2.45, 2.75) is 26.2 Å². The van der Waals surface area contributed by atoms with Crippen molar-refractivity contribution in [1.29, 1.82) is 0 Å². The maximum atomic E-state index is 9.04. The smallest absolute Gasteiger partial charge is 0.423 e. The van der Waals surface area contributed by atoms with Gasteiger partial charge in [-0.05, 0) is 28.6 Å². The molecule has 0 aromatic heterocycles. The molecule has 1 aromatic carbocycles. The Hall–Kier alpha value is -0.505. The summed E-state index contributed by atoms with van der Waals surface area (Å²) in [6.45, 7) is 6.14. The van der Waals surface area contributed by atoms with Crippen LogP contribution in [0.2, 0.25) is 5.02 Å². The van der Waals surface area contributed by atoms with Crippen molar-refractivity contribution < 1.29 is 10.0 Å². The van der Waals surface area contributed by atoms with Gasteiger partial charge in [0.25, 0.3) is 0 Å². The van der Waals surface area contributed by atoms with E-state index >= 15 is 0 Å². The number of benzene rings is 1. The molecule has 0 bridgehead atoms. The Morgan fingerprint density at radius 1 is 1.14 bits per heavy atom. The quantitative estimate of drug-likeness (QED) is 0.689. The first kappa shape index (κ1) is 11.6. The molecule has 14 heavy (non-hydrogen) atoms. The lowest BCUT2D eigenvalue weighted by Crippen LogP contribution is -2.31. The van der Waals surface area contributed by atoms with Crippen molar-refractivity contribution in [2.75, 3.05) is 0 Å². The van der Waals surface area contributed by atoms with Crippen LogP contribution in [0.15, 0.2) is 18.2 Å². The molecule has 0 fully saturated rings. The average molecular weight is 212 g/mol. The molecule has 0 unspecified atom stereocenters. The SMILES string of the molecule is CC(C)(C)c1cc(Cl)cc(B(O)O)c1. The number of rotatable bonds is 1. The highest BCUT2D eigenvalue weighted by atomic mass is 35.5. The van der Waals surface area contributed by atoms with Crippen molar-refractivity contribution in [3.05, 3.63) is 28.8 Å². The Morgan fingerprint density at radius 2 is 1.71 bits per heavy atom. The van der Waals surface area contributed by atoms with Crippen LogP contribution in [-0.2, 0) is 5.41 Å². The van der Waals surface area contributed by atoms with E-state index in [9.17, 15) is 0 Å². The third-order valence-electron chi connectivity index (χ3n) is 2.08. The fourth-order valence-electron chi connectivity index (χ4n) is 1.19. The second-order valence-corrected chi connectivity index (χ2v) is 4.83. The van der Waals surface area contributed by atoms with Crippen LogP contribution in [0.5, 0.6) is 0 Å². The van der Waals surface area contributed by atoms with Gasteiger partial charge in [0.1, 0.15) is 0 Å². The van der Waals surface area contributed by atoms with Crippen LogP contribution in [0.3, 0.4) is 0 Å². The van der Waals surface area contributed by atoms with Gasteiger partial charge in [-0.3, -0.25) is 0 Å². The van der Waals surface area contributed by atoms with Gasteiger partial charge in [-0.1, -0.05) is 38.4 Å². The second kappa shape index (κ2) is 3.93. The summed E-state index contributed by atoms with van der Waals surface area (Å²) in [5.74, 6) is 0. The van der Waals surface area contributed by atoms with Gasteiger partial charge in [-0.2, -0.15) is 0 Å². The van der Waals surface area contributed by atoms with E-state index in [1.807, 2.05) is 26.8 Å². The minimum Gasteiger partial charge on any atom is -0.423 e. The Kier molecular flexibility index (Phi) is 3.25. The van der Waals surface area contributed by atoms with Gasteiger partial charge in [-0.25, -0.2) is 0 Å². The van der Waals surface area contributed by atoms with Crippen LogP contribution in [0.4, 0.5) is 0 Å². The lowest BCUT2D eigenvalue weighted by Gasteiger charge is -2.20. The summed E-state index contributed by atoms with van der Waals surface area (Å²) in [6.07, 6.45) is 0. The predicted octanol–water partition coefficient (Wildman–Crippen LogP) is 1.32. The van der Waals surface area contributed by atoms with Gasteiger partial charge >= 0.3 is 7.12 Å². The van der Waals surface area contributed by atoms with E-state index in [2.05, 4.69) is 0 Å². The summed E-state index contributed by atoms with van der Waals surface area (Å²) in [5, 5.41) is 18.6. The van der Waals surface area contributed by atoms with Gasteiger partial charge in [-0.15, -0.1) is 0 Å². The fourth-order valence-corrected chi connectivity index (χ4v) is 1.44. The van der Waals surface area contributed by atoms with Crippen LogP contribution in [0.1, 0.15) is 26.3 Å². The molecule has 0 aliphatic rings. The maximum Gasteiger partial charge on any atom is 0.488 e. The molecule has 2 N–H and O–H groups in total. The molecule has 0 aliphatic carbocycles. The van der Waals surface area contributed by atoms with Gasteiger partial charge in [0.05, 0.1) is 0 Å². The van der Waals surface area contributed by atoms with Crippen LogP contribution in [-0.4, -0.2) is 17.2 Å². The van der Waals surface area contributed by atoms with E-state index in [1.54, 1.807) is 12.1 Å². The van der Waals surface area contributed by atoms with Crippen molar-refractivity contribution in [3.8, 4) is 0 Å². The average Bonchev–Trinajstić information content (AvgIpc) is 2.01. The molecular formula is C10H14BClO2. The first-order valence-corrected chi connectivity index (χ1v) is 4.85. The van der Waals surface area contributed by atoms with Crippen molar-refractivity contribution in [3.63, 3.8) is 0 Å². The lowest BCUT2D eigenvalue weighted by molar-refractivity contribution is 0.425. The molecule has 0 radical (unpaired) electrons. The van der Waals surface area contributed by atoms with E-state index in [4.69, 9.17) is 21.6 Å². The molecule has 76 valence electrons. The molecule has 2 nitrogen and oxygen atoms in total. The standard InChI is InChI=1S/C10H14BClO2/c1-10(2,3)7-4-8(11(13)14)6-9(12)5-7/h4-6,13-14H,1-3H3. The minimum absolute atomic E-state index is 0.0471. The number of hydrogen-bond donors (Lipinski definition) is 2. The third-order valence-corrected chi connectivity index (χ3v) is 2.30. The zero-order chi connectivity index (χ0) is 10.9. The van der Waals surface area contributed by atoms with E-state index in [0.29, 0.717) is 10.5 Å². The van der Waals surface area contributed by atoms with Crippen LogP contribution in [0, 0.1) is 0 Å². The summed E-state index contributed by atoms with van der Waals surface area (Å²) < 4.78 is 0. The summed E-state index contributed by atoms with van der Waals surface area (Å²) in [4.78, 5) is 0. The molecule has 0 saturated heterocycles. The van der Waals surface area contributed by atoms with Gasteiger partial charge in [0, 0.05) is 5.02 Å². The van der Waals surface area contributed by atoms with Crippen LogP contribution in [0.25, 0.3) is 0 Å². The second-order valence-electron chi connectivity index (χ2n) is 4.40. The largest absolute Gasteiger partial charge is 0.488 e. The zero-order valence-electron chi connectivity index (χ0n) is 8.58. The predicted molar refractivity (Wildman–Crippen MR) is 60.0 cm³/mol. The number of hydrogen-bond acceptors (Lipinski definition) is 2. The first-order valence-electron chi connectivity index (χ1n) is 4.48. The van der Waals surface area contributed by atoms with E-state index in [1.165, 1.54) is 0 Å². The maximum absolute atomic E-state index is 9.04. The minimum atomic E-state index is -1.46. The Bertz CT molecular complexity index is 331. The molecular weight excluding hydrogens is 198 g/mol. The number of halogens is 1. The van der Waals surface area contributed by atoms with E-state index in [-0.39, 0.29) is 5.41 Å². The molecule has 1 rings (SSSR count). The Morgan fingerprint density at radius 3 is 2.14 bits per heavy atom. The van der Waals surface area contributed by atoms with Gasteiger partial charge < -0.3 is 10.0 Å². The summed E-state index contributed by atoms with van der Waals surface area (Å²) in [7, 11) is -1.46. The normalized spacial score (nSPS) is 11.6. The molecule has 0 heterocycles. The lowest BCUT2D eigenvalue weighted by atomic mass is 9.76. The fraction of sp³-hybridized carbons (Fsp3) is 0.400. The van der Waals surface area contributed by atoms with Crippen LogP contribution < -0.4 is 5.46 Å². The molecule has 0 amide bonds. The summed E-state index contributed by atoms with van der Waals surface area (Å²) >= 11 is 5.88. The van der Waals surface area contributed by atoms with Gasteiger partial charge in [0.2, 0.25) is 0 Å². The van der Waals surface area contributed by atoms with E-state index < -0.39 is 7.12 Å². The summed E-state index contributed by atoms with van der Waals surface area (Å²) in [5.41, 5.74) is 1.38. The Labute approximate surface area is 89.7 Å². The van der Waals surface area contributed by atoms with Crippen LogP contribution >= 0.6 is 11.6 Å². The highest BCUT2D eigenvalue weighted by Gasteiger charge is 2.18. The van der Waals surface area contributed by atoms with Crippen molar-refractivity contribution in [2.24, 2.45) is 0 Å². The molecule has 4 heteroatoms. The summed E-state index contributed by atoms with van der Waals surface area (Å²) in [6, 6.07) is 5.16. The molecule has 0 aliphatic heterocycles. The third kappa shape index (κ3) is 2.74. The molecule has 1 aromatic rings. The topological polar surface area (TPSA) is 40.5 Å². The van der Waals surface area contributed by atoms with Gasteiger partial charge in [0.15, 0.2) is 0 Å². The highest BCUT2D eigenvalue weighted by molar-refractivity contribution is 6.59. The zero-order valence-corrected chi connectivity index (χ0v) is 9.34. The molecule has 0 spiro atoms.